The maximum Gasteiger partial charge on any atom is 0.273 e. The quantitative estimate of drug-likeness (QED) is 0.407. The van der Waals surface area contributed by atoms with Crippen molar-refractivity contribution in [1.29, 1.82) is 0 Å². The first-order chi connectivity index (χ1) is 15.2. The van der Waals surface area contributed by atoms with E-state index in [1.165, 1.54) is 0 Å². The number of benzene rings is 2. The summed E-state index contributed by atoms with van der Waals surface area (Å²) in [5.74, 6) is 1.30. The highest BCUT2D eigenvalue weighted by atomic mass is 35.5. The van der Waals surface area contributed by atoms with Crippen LogP contribution in [0.25, 0.3) is 10.9 Å². The molecule has 0 aliphatic carbocycles. The Morgan fingerprint density at radius 2 is 1.90 bits per heavy atom. The molecule has 1 amide bonds. The van der Waals surface area contributed by atoms with Crippen molar-refractivity contribution in [3.05, 3.63) is 94.8 Å². The molecule has 0 radical (unpaired) electrons. The highest BCUT2D eigenvalue weighted by molar-refractivity contribution is 6.30. The monoisotopic (exact) mass is 431 g/mol. The smallest absolute Gasteiger partial charge is 0.273 e. The Hall–Kier alpha value is -3.18. The molecule has 6 heteroatoms. The van der Waals surface area contributed by atoms with Crippen molar-refractivity contribution in [1.82, 2.24) is 14.9 Å². The van der Waals surface area contributed by atoms with E-state index in [1.807, 2.05) is 59.5 Å². The Balaban J connectivity index is 1.38. The minimum absolute atomic E-state index is 0.0760. The molecule has 1 atom stereocenters. The van der Waals surface area contributed by atoms with Gasteiger partial charge in [0.25, 0.3) is 5.91 Å². The van der Waals surface area contributed by atoms with Crippen molar-refractivity contribution in [3.63, 3.8) is 0 Å². The number of piperidine rings is 1. The molecular formula is C25H22ClN3O2. The fourth-order valence-corrected chi connectivity index (χ4v) is 4.25. The van der Waals surface area contributed by atoms with Gasteiger partial charge >= 0.3 is 0 Å². The Morgan fingerprint density at radius 3 is 2.77 bits per heavy atom. The van der Waals surface area contributed by atoms with Gasteiger partial charge in [0.05, 0.1) is 11.7 Å². The third-order valence-electron chi connectivity index (χ3n) is 5.73. The van der Waals surface area contributed by atoms with E-state index >= 15 is 0 Å². The lowest BCUT2D eigenvalue weighted by atomic mass is 10.0. The van der Waals surface area contributed by atoms with Gasteiger partial charge in [-0.05, 0) is 49.1 Å². The van der Waals surface area contributed by atoms with Crippen LogP contribution in [0.5, 0.6) is 0 Å². The predicted octanol–water partition coefficient (Wildman–Crippen LogP) is 5.83. The standard InChI is InChI=1S/C25H22ClN3O2/c26-19-11-8-17(9-12-19)15-20-16-27-24(31-20)23-7-3-4-14-29(23)25(30)22-13-10-18-5-1-2-6-21(18)28-22/h1-2,5-6,8-13,16,23H,3-4,7,14-15H2/t23-/m1/s1. The number of halogens is 1. The number of amides is 1. The van der Waals surface area contributed by atoms with Gasteiger partial charge in [-0.25, -0.2) is 9.97 Å². The van der Waals surface area contributed by atoms with E-state index in [1.54, 1.807) is 12.3 Å². The van der Waals surface area contributed by atoms with Gasteiger partial charge in [0, 0.05) is 23.4 Å². The molecule has 156 valence electrons. The predicted molar refractivity (Wildman–Crippen MR) is 120 cm³/mol. The second kappa shape index (κ2) is 8.52. The third-order valence-corrected chi connectivity index (χ3v) is 5.98. The van der Waals surface area contributed by atoms with Gasteiger partial charge in [-0.3, -0.25) is 4.79 Å². The van der Waals surface area contributed by atoms with Crippen molar-refractivity contribution in [2.24, 2.45) is 0 Å². The van der Waals surface area contributed by atoms with Crippen LogP contribution >= 0.6 is 11.6 Å². The van der Waals surface area contributed by atoms with Crippen LogP contribution in [0.15, 0.2) is 71.3 Å². The number of likely N-dealkylation sites (tertiary alicyclic amines) is 1. The van der Waals surface area contributed by atoms with Crippen LogP contribution in [0.3, 0.4) is 0 Å². The first kappa shape index (κ1) is 19.8. The average Bonchev–Trinajstić information content (AvgIpc) is 3.28. The van der Waals surface area contributed by atoms with Crippen LogP contribution in [0.2, 0.25) is 5.02 Å². The molecule has 4 aromatic rings. The molecule has 2 aromatic carbocycles. The second-order valence-corrected chi connectivity index (χ2v) is 8.30. The van der Waals surface area contributed by atoms with Crippen molar-refractivity contribution >= 4 is 28.4 Å². The minimum Gasteiger partial charge on any atom is -0.443 e. The number of rotatable bonds is 4. The van der Waals surface area contributed by atoms with Gasteiger partial charge in [0.2, 0.25) is 5.89 Å². The molecule has 0 bridgehead atoms. The summed E-state index contributed by atoms with van der Waals surface area (Å²) in [6, 6.07) is 19.1. The van der Waals surface area contributed by atoms with Crippen LogP contribution in [0, 0.1) is 0 Å². The summed E-state index contributed by atoms with van der Waals surface area (Å²) in [6.07, 6.45) is 5.23. The summed E-state index contributed by atoms with van der Waals surface area (Å²) in [4.78, 5) is 24.3. The molecule has 31 heavy (non-hydrogen) atoms. The van der Waals surface area contributed by atoms with Gasteiger partial charge in [0.1, 0.15) is 17.5 Å². The molecule has 0 N–H and O–H groups in total. The Kier molecular flexibility index (Phi) is 5.43. The number of carbonyl (C=O) groups excluding carboxylic acids is 1. The van der Waals surface area contributed by atoms with E-state index in [2.05, 4.69) is 9.97 Å². The summed E-state index contributed by atoms with van der Waals surface area (Å²) in [5.41, 5.74) is 2.38. The van der Waals surface area contributed by atoms with E-state index < -0.39 is 0 Å². The molecule has 1 saturated heterocycles. The lowest BCUT2D eigenvalue weighted by Gasteiger charge is -2.33. The van der Waals surface area contributed by atoms with Crippen molar-refractivity contribution in [2.75, 3.05) is 6.54 Å². The Bertz CT molecular complexity index is 1220. The number of nitrogens with zero attached hydrogens (tertiary/aromatic N) is 3. The van der Waals surface area contributed by atoms with Gasteiger partial charge in [-0.1, -0.05) is 48.0 Å². The lowest BCUT2D eigenvalue weighted by Crippen LogP contribution is -2.39. The van der Waals surface area contributed by atoms with Crippen LogP contribution in [-0.4, -0.2) is 27.3 Å². The fraction of sp³-hybridized carbons (Fsp3) is 0.240. The highest BCUT2D eigenvalue weighted by Crippen LogP contribution is 2.32. The molecule has 1 aliphatic heterocycles. The SMILES string of the molecule is O=C(c1ccc2ccccc2n1)N1CCCC[C@@H]1c1ncc(Cc2ccc(Cl)cc2)o1. The maximum atomic E-state index is 13.3. The molecule has 1 fully saturated rings. The summed E-state index contributed by atoms with van der Waals surface area (Å²) >= 11 is 5.97. The number of fused-ring (bicyclic) bond motifs is 1. The summed E-state index contributed by atoms with van der Waals surface area (Å²) in [6.45, 7) is 0.674. The van der Waals surface area contributed by atoms with Gasteiger partial charge in [-0.2, -0.15) is 0 Å². The van der Waals surface area contributed by atoms with E-state index in [4.69, 9.17) is 16.0 Å². The first-order valence-electron chi connectivity index (χ1n) is 10.5. The summed E-state index contributed by atoms with van der Waals surface area (Å²) in [5, 5.41) is 1.73. The molecule has 5 rings (SSSR count). The third kappa shape index (κ3) is 4.19. The highest BCUT2D eigenvalue weighted by Gasteiger charge is 2.32. The van der Waals surface area contributed by atoms with Gasteiger partial charge in [0.15, 0.2) is 0 Å². The lowest BCUT2D eigenvalue weighted by molar-refractivity contribution is 0.0564. The second-order valence-electron chi connectivity index (χ2n) is 7.87. The first-order valence-corrected chi connectivity index (χ1v) is 10.9. The van der Waals surface area contributed by atoms with Crippen LogP contribution in [0.4, 0.5) is 0 Å². The molecule has 0 unspecified atom stereocenters. The number of hydrogen-bond donors (Lipinski definition) is 0. The van der Waals surface area contributed by atoms with Gasteiger partial charge < -0.3 is 9.32 Å². The van der Waals surface area contributed by atoms with Crippen molar-refractivity contribution < 1.29 is 9.21 Å². The van der Waals surface area contributed by atoms with Crippen LogP contribution in [-0.2, 0) is 6.42 Å². The van der Waals surface area contributed by atoms with Gasteiger partial charge in [-0.15, -0.1) is 0 Å². The minimum atomic E-state index is -0.173. The zero-order valence-corrected chi connectivity index (χ0v) is 17.8. The topological polar surface area (TPSA) is 59.2 Å². The normalized spacial score (nSPS) is 16.5. The van der Waals surface area contributed by atoms with E-state index in [9.17, 15) is 4.79 Å². The number of para-hydroxylation sites is 1. The molecular weight excluding hydrogens is 410 g/mol. The zero-order valence-electron chi connectivity index (χ0n) is 17.0. The summed E-state index contributed by atoms with van der Waals surface area (Å²) in [7, 11) is 0. The number of carbonyl (C=O) groups is 1. The number of pyridine rings is 1. The van der Waals surface area contributed by atoms with E-state index in [0.29, 0.717) is 29.6 Å². The fourth-order valence-electron chi connectivity index (χ4n) is 4.13. The number of aromatic nitrogens is 2. The molecule has 0 saturated carbocycles. The maximum absolute atomic E-state index is 13.3. The van der Waals surface area contributed by atoms with Crippen LogP contribution < -0.4 is 0 Å². The average molecular weight is 432 g/mol. The molecule has 0 spiro atoms. The van der Waals surface area contributed by atoms with E-state index in [0.717, 1.165) is 41.5 Å². The summed E-state index contributed by atoms with van der Waals surface area (Å²) < 4.78 is 6.09. The Labute approximate surface area is 185 Å². The Morgan fingerprint density at radius 1 is 1.06 bits per heavy atom. The molecule has 2 aromatic heterocycles. The zero-order chi connectivity index (χ0) is 21.2. The number of oxazole rings is 1. The van der Waals surface area contributed by atoms with Crippen molar-refractivity contribution in [2.45, 2.75) is 31.7 Å². The molecule has 1 aliphatic rings. The van der Waals surface area contributed by atoms with Crippen molar-refractivity contribution in [3.8, 4) is 0 Å². The molecule has 3 heterocycles. The van der Waals surface area contributed by atoms with E-state index in [-0.39, 0.29) is 11.9 Å². The number of hydrogen-bond acceptors (Lipinski definition) is 4. The molecule has 5 nitrogen and oxygen atoms in total. The van der Waals surface area contributed by atoms with Crippen LogP contribution in [0.1, 0.15) is 53.0 Å². The largest absolute Gasteiger partial charge is 0.443 e.